The van der Waals surface area contributed by atoms with Crippen LogP contribution in [0.4, 0.5) is 4.39 Å². The van der Waals surface area contributed by atoms with Crippen molar-refractivity contribution in [3.63, 3.8) is 0 Å². The quantitative estimate of drug-likeness (QED) is 0.819. The van der Waals surface area contributed by atoms with E-state index in [2.05, 4.69) is 0 Å². The minimum Gasteiger partial charge on any atom is -0.396 e. The third kappa shape index (κ3) is 5.12. The number of carbonyl (C=O) groups is 1. The van der Waals surface area contributed by atoms with Crippen molar-refractivity contribution in [1.82, 2.24) is 4.90 Å². The van der Waals surface area contributed by atoms with Gasteiger partial charge in [0.05, 0.1) is 0 Å². The van der Waals surface area contributed by atoms with E-state index in [-0.39, 0.29) is 24.2 Å². The molecule has 1 atom stereocenters. The van der Waals surface area contributed by atoms with Crippen LogP contribution in [0.2, 0.25) is 0 Å². The summed E-state index contributed by atoms with van der Waals surface area (Å²) in [6, 6.07) is 6.55. The van der Waals surface area contributed by atoms with E-state index in [0.717, 1.165) is 44.2 Å². The smallest absolute Gasteiger partial charge is 0.222 e. The van der Waals surface area contributed by atoms with Crippen LogP contribution in [0.15, 0.2) is 24.3 Å². The summed E-state index contributed by atoms with van der Waals surface area (Å²) in [5.74, 6) is 0.242. The van der Waals surface area contributed by atoms with E-state index in [1.54, 1.807) is 12.1 Å². The number of aliphatic hydroxyl groups is 1. The lowest BCUT2D eigenvalue weighted by molar-refractivity contribution is -0.133. The SMILES string of the molecule is O=C(CCCCc1ccc(F)cc1)N1CCCC(CO)C1. The lowest BCUT2D eigenvalue weighted by Crippen LogP contribution is -2.40. The Morgan fingerprint density at radius 2 is 2.05 bits per heavy atom. The van der Waals surface area contributed by atoms with Gasteiger partial charge in [-0.1, -0.05) is 12.1 Å². The molecule has 0 spiro atoms. The van der Waals surface area contributed by atoms with Crippen molar-refractivity contribution in [2.75, 3.05) is 19.7 Å². The maximum Gasteiger partial charge on any atom is 0.222 e. The van der Waals surface area contributed by atoms with Crippen molar-refractivity contribution in [2.24, 2.45) is 5.92 Å². The fourth-order valence-corrected chi connectivity index (χ4v) is 2.86. The van der Waals surface area contributed by atoms with E-state index in [4.69, 9.17) is 0 Å². The van der Waals surface area contributed by atoms with Gasteiger partial charge in [0.25, 0.3) is 0 Å². The van der Waals surface area contributed by atoms with Gasteiger partial charge in [-0.3, -0.25) is 4.79 Å². The largest absolute Gasteiger partial charge is 0.396 e. The predicted octanol–water partition coefficient (Wildman–Crippen LogP) is 2.77. The number of likely N-dealkylation sites (tertiary alicyclic amines) is 1. The molecule has 4 heteroatoms. The van der Waals surface area contributed by atoms with Gasteiger partial charge in [-0.25, -0.2) is 4.39 Å². The average Bonchev–Trinajstić information content (AvgIpc) is 2.53. The Balaban J connectivity index is 1.66. The second kappa shape index (κ2) is 8.13. The molecule has 2 rings (SSSR count). The highest BCUT2D eigenvalue weighted by Gasteiger charge is 2.22. The Labute approximate surface area is 125 Å². The van der Waals surface area contributed by atoms with Crippen LogP contribution >= 0.6 is 0 Å². The molecule has 1 aliphatic rings. The van der Waals surface area contributed by atoms with E-state index in [0.29, 0.717) is 13.0 Å². The zero-order valence-corrected chi connectivity index (χ0v) is 12.4. The summed E-state index contributed by atoms with van der Waals surface area (Å²) >= 11 is 0. The van der Waals surface area contributed by atoms with Gasteiger partial charge < -0.3 is 10.0 Å². The molecule has 1 aliphatic heterocycles. The van der Waals surface area contributed by atoms with Gasteiger partial charge >= 0.3 is 0 Å². The Bertz CT molecular complexity index is 447. The number of unbranched alkanes of at least 4 members (excludes halogenated alkanes) is 1. The maximum absolute atomic E-state index is 12.8. The van der Waals surface area contributed by atoms with E-state index < -0.39 is 0 Å². The van der Waals surface area contributed by atoms with E-state index in [9.17, 15) is 14.3 Å². The summed E-state index contributed by atoms with van der Waals surface area (Å²) in [4.78, 5) is 14.0. The van der Waals surface area contributed by atoms with E-state index in [1.807, 2.05) is 4.90 Å². The molecule has 3 nitrogen and oxygen atoms in total. The van der Waals surface area contributed by atoms with E-state index >= 15 is 0 Å². The molecule has 0 aliphatic carbocycles. The van der Waals surface area contributed by atoms with Crippen LogP contribution in [0, 0.1) is 11.7 Å². The van der Waals surface area contributed by atoms with Crippen LogP contribution in [0.5, 0.6) is 0 Å². The number of hydrogen-bond acceptors (Lipinski definition) is 2. The lowest BCUT2D eigenvalue weighted by atomic mass is 9.98. The van der Waals surface area contributed by atoms with Crippen LogP contribution in [0.25, 0.3) is 0 Å². The van der Waals surface area contributed by atoms with Crippen LogP contribution in [-0.2, 0) is 11.2 Å². The van der Waals surface area contributed by atoms with Gasteiger partial charge in [-0.2, -0.15) is 0 Å². The normalized spacial score (nSPS) is 18.8. The molecule has 0 saturated carbocycles. The molecule has 1 saturated heterocycles. The number of aryl methyl sites for hydroxylation is 1. The second-order valence-electron chi connectivity index (χ2n) is 5.86. The van der Waals surface area contributed by atoms with Gasteiger partial charge in [0.2, 0.25) is 5.91 Å². The number of amides is 1. The molecule has 0 aromatic heterocycles. The highest BCUT2D eigenvalue weighted by molar-refractivity contribution is 5.76. The topological polar surface area (TPSA) is 40.5 Å². The highest BCUT2D eigenvalue weighted by Crippen LogP contribution is 2.17. The molecule has 0 bridgehead atoms. The Morgan fingerprint density at radius 3 is 2.76 bits per heavy atom. The standard InChI is InChI=1S/C17H24FNO2/c18-16-9-7-14(8-10-16)4-1-2-6-17(21)19-11-3-5-15(12-19)13-20/h7-10,15,20H,1-6,11-13H2. The molecule has 1 amide bonds. The molecular formula is C17H24FNO2. The van der Waals surface area contributed by atoms with Crippen molar-refractivity contribution in [2.45, 2.75) is 38.5 Å². The average molecular weight is 293 g/mol. The third-order valence-corrected chi connectivity index (χ3v) is 4.15. The third-order valence-electron chi connectivity index (χ3n) is 4.15. The monoisotopic (exact) mass is 293 g/mol. The number of aliphatic hydroxyl groups excluding tert-OH is 1. The molecule has 1 aromatic carbocycles. The lowest BCUT2D eigenvalue weighted by Gasteiger charge is -2.32. The van der Waals surface area contributed by atoms with Gasteiger partial charge in [0, 0.05) is 26.1 Å². The van der Waals surface area contributed by atoms with Crippen molar-refractivity contribution in [3.8, 4) is 0 Å². The molecule has 21 heavy (non-hydrogen) atoms. The Kier molecular flexibility index (Phi) is 6.18. The zero-order chi connectivity index (χ0) is 15.1. The summed E-state index contributed by atoms with van der Waals surface area (Å²) in [6.45, 7) is 1.70. The molecule has 1 fully saturated rings. The van der Waals surface area contributed by atoms with Crippen molar-refractivity contribution in [3.05, 3.63) is 35.6 Å². The number of rotatable bonds is 6. The number of nitrogens with zero attached hydrogens (tertiary/aromatic N) is 1. The summed E-state index contributed by atoms with van der Waals surface area (Å²) in [7, 11) is 0. The molecule has 1 unspecified atom stereocenters. The van der Waals surface area contributed by atoms with Gasteiger partial charge in [-0.15, -0.1) is 0 Å². The minimum atomic E-state index is -0.211. The van der Waals surface area contributed by atoms with Crippen LogP contribution in [-0.4, -0.2) is 35.6 Å². The first-order valence-corrected chi connectivity index (χ1v) is 7.82. The number of carbonyl (C=O) groups excluding carboxylic acids is 1. The first-order valence-electron chi connectivity index (χ1n) is 7.82. The second-order valence-corrected chi connectivity index (χ2v) is 5.86. The van der Waals surface area contributed by atoms with Crippen LogP contribution in [0.1, 0.15) is 37.7 Å². The molecular weight excluding hydrogens is 269 g/mol. The van der Waals surface area contributed by atoms with Gasteiger partial charge in [-0.05, 0) is 55.7 Å². The summed E-state index contributed by atoms with van der Waals surface area (Å²) in [6.07, 6.45) is 5.26. The van der Waals surface area contributed by atoms with Gasteiger partial charge in [0.15, 0.2) is 0 Å². The molecule has 1 heterocycles. The number of halogens is 1. The fraction of sp³-hybridized carbons (Fsp3) is 0.588. The Hall–Kier alpha value is -1.42. The van der Waals surface area contributed by atoms with Crippen LogP contribution in [0.3, 0.4) is 0 Å². The van der Waals surface area contributed by atoms with Crippen molar-refractivity contribution < 1.29 is 14.3 Å². The fourth-order valence-electron chi connectivity index (χ4n) is 2.86. The Morgan fingerprint density at radius 1 is 1.29 bits per heavy atom. The first kappa shape index (κ1) is 16.0. The summed E-state index contributed by atoms with van der Waals surface area (Å²) < 4.78 is 12.8. The molecule has 1 aromatic rings. The zero-order valence-electron chi connectivity index (χ0n) is 12.4. The molecule has 0 radical (unpaired) electrons. The van der Waals surface area contributed by atoms with Crippen LogP contribution < -0.4 is 0 Å². The maximum atomic E-state index is 12.8. The van der Waals surface area contributed by atoms with E-state index in [1.165, 1.54) is 12.1 Å². The number of piperidine rings is 1. The number of benzene rings is 1. The van der Waals surface area contributed by atoms with Crippen molar-refractivity contribution in [1.29, 1.82) is 0 Å². The van der Waals surface area contributed by atoms with Crippen molar-refractivity contribution >= 4 is 5.91 Å². The molecule has 116 valence electrons. The van der Waals surface area contributed by atoms with Gasteiger partial charge in [0.1, 0.15) is 5.82 Å². The summed E-state index contributed by atoms with van der Waals surface area (Å²) in [5, 5.41) is 9.19. The minimum absolute atomic E-state index is 0.175. The number of hydrogen-bond donors (Lipinski definition) is 1. The predicted molar refractivity (Wildman–Crippen MR) is 80.3 cm³/mol. The summed E-state index contributed by atoms with van der Waals surface area (Å²) in [5.41, 5.74) is 1.11. The highest BCUT2D eigenvalue weighted by atomic mass is 19.1. The first-order chi connectivity index (χ1) is 10.2. The molecule has 1 N–H and O–H groups in total.